The van der Waals surface area contributed by atoms with Crippen molar-refractivity contribution >= 4 is 5.91 Å². The lowest BCUT2D eigenvalue weighted by Gasteiger charge is -2.35. The first-order chi connectivity index (χ1) is 11.6. The van der Waals surface area contributed by atoms with E-state index in [2.05, 4.69) is 15.1 Å². The third kappa shape index (κ3) is 4.15. The summed E-state index contributed by atoms with van der Waals surface area (Å²) >= 11 is 0. The standard InChI is InChI=1S/C16H20N4O4/c1-11-7-20(8-12(2)23-11)15(21)10-22-9-14-18-16(19-24-14)13-4-3-5-17-6-13/h3-6,11-12H,7-10H2,1-2H3/t11-,12+. The minimum Gasteiger partial charge on any atom is -0.372 e. The number of rotatable bonds is 5. The summed E-state index contributed by atoms with van der Waals surface area (Å²) in [7, 11) is 0. The minimum atomic E-state index is -0.0657. The summed E-state index contributed by atoms with van der Waals surface area (Å²) in [6, 6.07) is 3.64. The molecular formula is C16H20N4O4. The molecule has 2 atom stereocenters. The van der Waals surface area contributed by atoms with E-state index in [0.717, 1.165) is 5.56 Å². The molecule has 0 aliphatic carbocycles. The Morgan fingerprint density at radius 1 is 1.38 bits per heavy atom. The van der Waals surface area contributed by atoms with Crippen LogP contribution in [-0.4, -0.2) is 57.8 Å². The van der Waals surface area contributed by atoms with Crippen LogP contribution in [0.15, 0.2) is 29.0 Å². The highest BCUT2D eigenvalue weighted by Gasteiger charge is 2.25. The zero-order valence-electron chi connectivity index (χ0n) is 13.7. The number of hydrogen-bond donors (Lipinski definition) is 0. The van der Waals surface area contributed by atoms with Crippen molar-refractivity contribution in [3.05, 3.63) is 30.4 Å². The molecule has 0 aromatic carbocycles. The molecule has 2 aromatic rings. The van der Waals surface area contributed by atoms with E-state index in [-0.39, 0.29) is 31.3 Å². The van der Waals surface area contributed by atoms with E-state index in [9.17, 15) is 4.79 Å². The first-order valence-corrected chi connectivity index (χ1v) is 7.86. The van der Waals surface area contributed by atoms with E-state index in [1.807, 2.05) is 19.9 Å². The van der Waals surface area contributed by atoms with Crippen LogP contribution in [0, 0.1) is 0 Å². The van der Waals surface area contributed by atoms with Crippen molar-refractivity contribution in [2.45, 2.75) is 32.7 Å². The van der Waals surface area contributed by atoms with Crippen molar-refractivity contribution in [1.29, 1.82) is 0 Å². The number of aromatic nitrogens is 3. The molecule has 1 saturated heterocycles. The Labute approximate surface area is 139 Å². The fraction of sp³-hybridized carbons (Fsp3) is 0.500. The Hall–Kier alpha value is -2.32. The van der Waals surface area contributed by atoms with E-state index in [1.165, 1.54) is 0 Å². The number of carbonyl (C=O) groups excluding carboxylic acids is 1. The van der Waals surface area contributed by atoms with Gasteiger partial charge in [0.2, 0.25) is 11.7 Å². The normalized spacial score (nSPS) is 21.0. The second-order valence-corrected chi connectivity index (χ2v) is 5.80. The van der Waals surface area contributed by atoms with Gasteiger partial charge in [-0.2, -0.15) is 4.98 Å². The summed E-state index contributed by atoms with van der Waals surface area (Å²) in [6.07, 6.45) is 3.40. The van der Waals surface area contributed by atoms with Gasteiger partial charge in [-0.1, -0.05) is 5.16 Å². The third-order valence-corrected chi connectivity index (χ3v) is 3.61. The summed E-state index contributed by atoms with van der Waals surface area (Å²) in [4.78, 5) is 22.2. The Balaban J connectivity index is 1.48. The molecule has 0 bridgehead atoms. The van der Waals surface area contributed by atoms with Crippen LogP contribution in [0.1, 0.15) is 19.7 Å². The number of morpholine rings is 1. The summed E-state index contributed by atoms with van der Waals surface area (Å²) in [5.41, 5.74) is 0.764. The monoisotopic (exact) mass is 332 g/mol. The predicted molar refractivity (Wildman–Crippen MR) is 83.8 cm³/mol. The third-order valence-electron chi connectivity index (χ3n) is 3.61. The fourth-order valence-electron chi connectivity index (χ4n) is 2.62. The van der Waals surface area contributed by atoms with E-state index in [0.29, 0.717) is 24.8 Å². The first kappa shape index (κ1) is 16.5. The van der Waals surface area contributed by atoms with Gasteiger partial charge in [0.25, 0.3) is 5.89 Å². The molecule has 24 heavy (non-hydrogen) atoms. The van der Waals surface area contributed by atoms with Gasteiger partial charge in [0.1, 0.15) is 13.2 Å². The molecule has 1 amide bonds. The van der Waals surface area contributed by atoms with Crippen molar-refractivity contribution < 1.29 is 18.8 Å². The van der Waals surface area contributed by atoms with Gasteiger partial charge in [-0.15, -0.1) is 0 Å². The highest BCUT2D eigenvalue weighted by Crippen LogP contribution is 2.14. The van der Waals surface area contributed by atoms with Gasteiger partial charge in [0.15, 0.2) is 0 Å². The fourth-order valence-corrected chi connectivity index (χ4v) is 2.62. The van der Waals surface area contributed by atoms with E-state index >= 15 is 0 Å². The van der Waals surface area contributed by atoms with Crippen LogP contribution < -0.4 is 0 Å². The Morgan fingerprint density at radius 3 is 2.88 bits per heavy atom. The second-order valence-electron chi connectivity index (χ2n) is 5.80. The summed E-state index contributed by atoms with van der Waals surface area (Å²) < 4.78 is 16.1. The molecule has 0 saturated carbocycles. The average molecular weight is 332 g/mol. The molecule has 8 heteroatoms. The number of carbonyl (C=O) groups is 1. The van der Waals surface area contributed by atoms with Gasteiger partial charge in [-0.05, 0) is 26.0 Å². The van der Waals surface area contributed by atoms with Crippen LogP contribution in [0.2, 0.25) is 0 Å². The van der Waals surface area contributed by atoms with Crippen molar-refractivity contribution in [3.63, 3.8) is 0 Å². The molecule has 0 unspecified atom stereocenters. The molecule has 1 aliphatic rings. The van der Waals surface area contributed by atoms with E-state index in [4.69, 9.17) is 14.0 Å². The van der Waals surface area contributed by atoms with Crippen LogP contribution in [0.25, 0.3) is 11.4 Å². The predicted octanol–water partition coefficient (Wildman–Crippen LogP) is 1.28. The Morgan fingerprint density at radius 2 is 2.17 bits per heavy atom. The van der Waals surface area contributed by atoms with Crippen molar-refractivity contribution in [3.8, 4) is 11.4 Å². The smallest absolute Gasteiger partial charge is 0.252 e. The molecule has 128 valence electrons. The van der Waals surface area contributed by atoms with Crippen molar-refractivity contribution in [2.24, 2.45) is 0 Å². The van der Waals surface area contributed by atoms with Gasteiger partial charge >= 0.3 is 0 Å². The lowest BCUT2D eigenvalue weighted by Crippen LogP contribution is -2.49. The van der Waals surface area contributed by atoms with E-state index in [1.54, 1.807) is 23.4 Å². The largest absolute Gasteiger partial charge is 0.372 e. The number of nitrogens with zero attached hydrogens (tertiary/aromatic N) is 4. The van der Waals surface area contributed by atoms with Crippen LogP contribution >= 0.6 is 0 Å². The molecule has 0 radical (unpaired) electrons. The molecule has 0 N–H and O–H groups in total. The van der Waals surface area contributed by atoms with Crippen molar-refractivity contribution in [2.75, 3.05) is 19.7 Å². The number of hydrogen-bond acceptors (Lipinski definition) is 7. The van der Waals surface area contributed by atoms with Crippen LogP contribution in [0.3, 0.4) is 0 Å². The summed E-state index contributed by atoms with van der Waals surface area (Å²) in [6.45, 7) is 5.14. The van der Waals surface area contributed by atoms with Crippen molar-refractivity contribution in [1.82, 2.24) is 20.0 Å². The van der Waals surface area contributed by atoms with Gasteiger partial charge in [-0.3, -0.25) is 9.78 Å². The Kier molecular flexibility index (Phi) is 5.17. The minimum absolute atomic E-state index is 0.0238. The summed E-state index contributed by atoms with van der Waals surface area (Å²) in [5, 5.41) is 3.88. The maximum Gasteiger partial charge on any atom is 0.252 e. The van der Waals surface area contributed by atoms with Gasteiger partial charge < -0.3 is 18.9 Å². The van der Waals surface area contributed by atoms with E-state index < -0.39 is 0 Å². The number of amides is 1. The highest BCUT2D eigenvalue weighted by atomic mass is 16.5. The molecule has 3 heterocycles. The zero-order chi connectivity index (χ0) is 16.9. The SMILES string of the molecule is C[C@@H]1CN(C(=O)COCc2nc(-c3cccnc3)no2)C[C@H](C)O1. The van der Waals surface area contributed by atoms with Crippen LogP contribution in [-0.2, 0) is 20.9 Å². The lowest BCUT2D eigenvalue weighted by molar-refractivity contribution is -0.148. The summed E-state index contributed by atoms with van der Waals surface area (Å²) in [5.74, 6) is 0.707. The molecule has 1 fully saturated rings. The maximum absolute atomic E-state index is 12.2. The quantitative estimate of drug-likeness (QED) is 0.814. The molecular weight excluding hydrogens is 312 g/mol. The maximum atomic E-state index is 12.2. The molecule has 8 nitrogen and oxygen atoms in total. The zero-order valence-corrected chi connectivity index (χ0v) is 13.7. The molecule has 0 spiro atoms. The van der Waals surface area contributed by atoms with Gasteiger partial charge in [0, 0.05) is 31.0 Å². The topological polar surface area (TPSA) is 90.6 Å². The average Bonchev–Trinajstić information content (AvgIpc) is 3.03. The number of pyridine rings is 1. The molecule has 2 aromatic heterocycles. The highest BCUT2D eigenvalue weighted by molar-refractivity contribution is 5.77. The molecule has 1 aliphatic heterocycles. The van der Waals surface area contributed by atoms with Gasteiger partial charge in [0.05, 0.1) is 12.2 Å². The first-order valence-electron chi connectivity index (χ1n) is 7.86. The second kappa shape index (κ2) is 7.50. The number of ether oxygens (including phenoxy) is 2. The Bertz CT molecular complexity index is 666. The molecule has 3 rings (SSSR count). The van der Waals surface area contributed by atoms with Crippen LogP contribution in [0.4, 0.5) is 0 Å². The van der Waals surface area contributed by atoms with Crippen LogP contribution in [0.5, 0.6) is 0 Å². The lowest BCUT2D eigenvalue weighted by atomic mass is 10.2. The van der Waals surface area contributed by atoms with Gasteiger partial charge in [-0.25, -0.2) is 0 Å².